The van der Waals surface area contributed by atoms with E-state index < -0.39 is 10.0 Å². The number of sulfonamides is 1. The fourth-order valence-electron chi connectivity index (χ4n) is 2.42. The third-order valence-corrected chi connectivity index (χ3v) is 5.53. The molecule has 6 nitrogen and oxygen atoms in total. The Morgan fingerprint density at radius 3 is 2.68 bits per heavy atom. The zero-order valence-corrected chi connectivity index (χ0v) is 15.1. The second-order valence-corrected chi connectivity index (χ2v) is 7.81. The van der Waals surface area contributed by atoms with Crippen molar-refractivity contribution in [3.05, 3.63) is 76.8 Å². The third-order valence-electron chi connectivity index (χ3n) is 3.65. The van der Waals surface area contributed by atoms with Gasteiger partial charge in [0, 0.05) is 6.54 Å². The SMILES string of the molecule is Cc1ccc(S(=O)(=O)NCc2cccc(Cn3cncn3)c2)c(Cl)c1. The van der Waals surface area contributed by atoms with Gasteiger partial charge in [0.2, 0.25) is 10.0 Å². The maximum atomic E-state index is 12.5. The third kappa shape index (κ3) is 4.45. The molecule has 8 heteroatoms. The van der Waals surface area contributed by atoms with Crippen LogP contribution in [0.3, 0.4) is 0 Å². The maximum absolute atomic E-state index is 12.5. The predicted molar refractivity (Wildman–Crippen MR) is 95.8 cm³/mol. The summed E-state index contributed by atoms with van der Waals surface area (Å²) in [5, 5.41) is 4.28. The number of nitrogens with one attached hydrogen (secondary N) is 1. The molecular weight excluding hydrogens is 360 g/mol. The van der Waals surface area contributed by atoms with Gasteiger partial charge in [0.25, 0.3) is 0 Å². The van der Waals surface area contributed by atoms with Gasteiger partial charge in [-0.15, -0.1) is 0 Å². The van der Waals surface area contributed by atoms with E-state index in [2.05, 4.69) is 14.8 Å². The zero-order valence-electron chi connectivity index (χ0n) is 13.6. The lowest BCUT2D eigenvalue weighted by Crippen LogP contribution is -2.23. The molecule has 0 spiro atoms. The molecule has 0 aliphatic rings. The average Bonchev–Trinajstić information content (AvgIpc) is 3.06. The smallest absolute Gasteiger partial charge is 0.242 e. The largest absolute Gasteiger partial charge is 0.249 e. The van der Waals surface area contributed by atoms with E-state index in [1.807, 2.05) is 31.2 Å². The highest BCUT2D eigenvalue weighted by Crippen LogP contribution is 2.22. The van der Waals surface area contributed by atoms with Crippen molar-refractivity contribution >= 4 is 21.6 Å². The standard InChI is InChI=1S/C17H17ClN4O2S/c1-13-5-6-17(16(18)7-13)25(23,24)21-9-14-3-2-4-15(8-14)10-22-12-19-11-20-22/h2-8,11-12,21H,9-10H2,1H3. The van der Waals surface area contributed by atoms with Crippen LogP contribution in [0, 0.1) is 6.92 Å². The summed E-state index contributed by atoms with van der Waals surface area (Å²) in [5.74, 6) is 0. The van der Waals surface area contributed by atoms with Gasteiger partial charge in [0.1, 0.15) is 17.6 Å². The Kier molecular flexibility index (Phi) is 5.17. The van der Waals surface area contributed by atoms with E-state index in [0.29, 0.717) is 6.54 Å². The first-order valence-electron chi connectivity index (χ1n) is 7.60. The van der Waals surface area contributed by atoms with Crippen LogP contribution in [0.1, 0.15) is 16.7 Å². The summed E-state index contributed by atoms with van der Waals surface area (Å²) >= 11 is 6.07. The lowest BCUT2D eigenvalue weighted by molar-refractivity contribution is 0.581. The van der Waals surface area contributed by atoms with Crippen molar-refractivity contribution in [1.82, 2.24) is 19.5 Å². The van der Waals surface area contributed by atoms with Gasteiger partial charge < -0.3 is 0 Å². The van der Waals surface area contributed by atoms with E-state index in [1.54, 1.807) is 23.1 Å². The first-order valence-corrected chi connectivity index (χ1v) is 9.46. The van der Waals surface area contributed by atoms with Crippen LogP contribution in [-0.4, -0.2) is 23.2 Å². The molecule has 1 N–H and O–H groups in total. The van der Waals surface area contributed by atoms with Crippen LogP contribution in [0.5, 0.6) is 0 Å². The van der Waals surface area contributed by atoms with E-state index in [0.717, 1.165) is 16.7 Å². The molecule has 0 amide bonds. The fraction of sp³-hybridized carbons (Fsp3) is 0.176. The Balaban J connectivity index is 1.72. The van der Waals surface area contributed by atoms with Crippen molar-refractivity contribution in [3.8, 4) is 0 Å². The lowest BCUT2D eigenvalue weighted by atomic mass is 10.1. The molecule has 0 saturated carbocycles. The van der Waals surface area contributed by atoms with Crippen LogP contribution in [-0.2, 0) is 23.1 Å². The average molecular weight is 377 g/mol. The summed E-state index contributed by atoms with van der Waals surface area (Å²) in [6.07, 6.45) is 3.11. The number of aromatic nitrogens is 3. The second-order valence-electron chi connectivity index (χ2n) is 5.67. The highest BCUT2D eigenvalue weighted by Gasteiger charge is 2.17. The highest BCUT2D eigenvalue weighted by molar-refractivity contribution is 7.89. The Labute approximate surface area is 151 Å². The molecule has 3 rings (SSSR count). The Hall–Kier alpha value is -2.22. The quantitative estimate of drug-likeness (QED) is 0.717. The normalized spacial score (nSPS) is 11.6. The molecule has 0 atom stereocenters. The van der Waals surface area contributed by atoms with Crippen molar-refractivity contribution in [2.75, 3.05) is 0 Å². The lowest BCUT2D eigenvalue weighted by Gasteiger charge is -2.10. The molecule has 0 saturated heterocycles. The summed E-state index contributed by atoms with van der Waals surface area (Å²) in [4.78, 5) is 3.99. The number of rotatable bonds is 6. The topological polar surface area (TPSA) is 76.9 Å². The van der Waals surface area contributed by atoms with Crippen molar-refractivity contribution in [2.45, 2.75) is 24.9 Å². The van der Waals surface area contributed by atoms with E-state index >= 15 is 0 Å². The Morgan fingerprint density at radius 1 is 1.16 bits per heavy atom. The predicted octanol–water partition coefficient (Wildman–Crippen LogP) is 2.77. The molecule has 1 heterocycles. The minimum absolute atomic E-state index is 0.0820. The van der Waals surface area contributed by atoms with Crippen LogP contribution in [0.15, 0.2) is 60.0 Å². The number of nitrogens with zero attached hydrogens (tertiary/aromatic N) is 3. The van der Waals surface area contributed by atoms with Gasteiger partial charge in [-0.3, -0.25) is 0 Å². The zero-order chi connectivity index (χ0) is 17.9. The number of aryl methyl sites for hydroxylation is 1. The van der Waals surface area contributed by atoms with Gasteiger partial charge in [-0.2, -0.15) is 5.10 Å². The van der Waals surface area contributed by atoms with Crippen molar-refractivity contribution < 1.29 is 8.42 Å². The van der Waals surface area contributed by atoms with Crippen molar-refractivity contribution in [3.63, 3.8) is 0 Å². The summed E-state index contributed by atoms with van der Waals surface area (Å²) in [6, 6.07) is 12.5. The van der Waals surface area contributed by atoms with Crippen molar-refractivity contribution in [2.24, 2.45) is 0 Å². The van der Waals surface area contributed by atoms with Gasteiger partial charge in [-0.1, -0.05) is 41.9 Å². The number of halogens is 1. The van der Waals surface area contributed by atoms with E-state index in [1.165, 1.54) is 12.4 Å². The van der Waals surface area contributed by atoms with Crippen LogP contribution >= 0.6 is 11.6 Å². The molecule has 0 unspecified atom stereocenters. The first-order chi connectivity index (χ1) is 11.9. The molecule has 0 aliphatic heterocycles. The summed E-state index contributed by atoms with van der Waals surface area (Å²) in [6.45, 7) is 2.61. The summed E-state index contributed by atoms with van der Waals surface area (Å²) < 4.78 is 29.2. The minimum atomic E-state index is -3.68. The number of hydrogen-bond acceptors (Lipinski definition) is 4. The molecule has 2 aromatic carbocycles. The van der Waals surface area contributed by atoms with E-state index in [4.69, 9.17) is 11.6 Å². The van der Waals surface area contributed by atoms with Gasteiger partial charge in [-0.25, -0.2) is 22.8 Å². The molecule has 0 bridgehead atoms. The monoisotopic (exact) mass is 376 g/mol. The molecule has 25 heavy (non-hydrogen) atoms. The van der Waals surface area contributed by atoms with Crippen LogP contribution < -0.4 is 4.72 Å². The maximum Gasteiger partial charge on any atom is 0.242 e. The second kappa shape index (κ2) is 7.35. The van der Waals surface area contributed by atoms with Gasteiger partial charge in [-0.05, 0) is 35.7 Å². The fourth-order valence-corrected chi connectivity index (χ4v) is 4.03. The molecule has 130 valence electrons. The molecule has 1 aromatic heterocycles. The summed E-state index contributed by atoms with van der Waals surface area (Å²) in [5.41, 5.74) is 2.77. The van der Waals surface area contributed by atoms with Crippen LogP contribution in [0.25, 0.3) is 0 Å². The Bertz CT molecular complexity index is 972. The van der Waals surface area contributed by atoms with Gasteiger partial charge >= 0.3 is 0 Å². The molecular formula is C17H17ClN4O2S. The number of hydrogen-bond donors (Lipinski definition) is 1. The van der Waals surface area contributed by atoms with Crippen LogP contribution in [0.4, 0.5) is 0 Å². The molecule has 0 aliphatic carbocycles. The highest BCUT2D eigenvalue weighted by atomic mass is 35.5. The van der Waals surface area contributed by atoms with Gasteiger partial charge in [0.15, 0.2) is 0 Å². The molecule has 0 fully saturated rings. The first kappa shape index (κ1) is 17.6. The van der Waals surface area contributed by atoms with Crippen molar-refractivity contribution in [1.29, 1.82) is 0 Å². The summed E-state index contributed by atoms with van der Waals surface area (Å²) in [7, 11) is -3.68. The van der Waals surface area contributed by atoms with Gasteiger partial charge in [0.05, 0.1) is 11.6 Å². The minimum Gasteiger partial charge on any atom is -0.249 e. The molecule has 0 radical (unpaired) electrons. The number of benzene rings is 2. The van der Waals surface area contributed by atoms with E-state index in [9.17, 15) is 8.42 Å². The Morgan fingerprint density at radius 2 is 1.96 bits per heavy atom. The van der Waals surface area contributed by atoms with E-state index in [-0.39, 0.29) is 16.5 Å². The molecule has 3 aromatic rings. The van der Waals surface area contributed by atoms with Crippen LogP contribution in [0.2, 0.25) is 5.02 Å².